The summed E-state index contributed by atoms with van der Waals surface area (Å²) in [5.41, 5.74) is 0. The molecule has 7 heavy (non-hydrogen) atoms. The van der Waals surface area contributed by atoms with Gasteiger partial charge in [-0.3, -0.25) is 0 Å². The first-order chi connectivity index (χ1) is 2.94. The summed E-state index contributed by atoms with van der Waals surface area (Å²) >= 11 is 16.8. The van der Waals surface area contributed by atoms with Gasteiger partial charge in [-0.25, -0.2) is 0 Å². The molecule has 0 fully saturated rings. The van der Waals surface area contributed by atoms with Gasteiger partial charge < -0.3 is 0 Å². The summed E-state index contributed by atoms with van der Waals surface area (Å²) in [5.74, 6) is 0. The third-order valence-electron chi connectivity index (χ3n) is 0.402. The van der Waals surface area contributed by atoms with E-state index in [0.717, 1.165) is 0 Å². The number of rotatable bonds is 1. The summed E-state index contributed by atoms with van der Waals surface area (Å²) in [5, 5.41) is 0. The molecular formula is C2H6Cl3PSi. The molecule has 0 nitrogen and oxygen atoms in total. The lowest BCUT2D eigenvalue weighted by atomic mass is 11.9. The van der Waals surface area contributed by atoms with Crippen molar-refractivity contribution in [3.63, 3.8) is 0 Å². The van der Waals surface area contributed by atoms with E-state index < -0.39 is 13.2 Å². The van der Waals surface area contributed by atoms with Crippen molar-refractivity contribution in [2.24, 2.45) is 0 Å². The van der Waals surface area contributed by atoms with Crippen LogP contribution >= 0.6 is 39.7 Å². The first-order valence-corrected chi connectivity index (χ1v) is 9.76. The summed E-state index contributed by atoms with van der Waals surface area (Å²) in [4.78, 5) is 0. The second-order valence-electron chi connectivity index (χ2n) is 1.64. The number of halogens is 3. The second kappa shape index (κ2) is 2.89. The smallest absolute Gasteiger partial charge is 0.159 e. The highest BCUT2D eigenvalue weighted by atomic mass is 35.9. The van der Waals surface area contributed by atoms with E-state index in [9.17, 15) is 0 Å². The molecule has 0 aromatic heterocycles. The van der Waals surface area contributed by atoms with Gasteiger partial charge in [-0.1, -0.05) is 35.6 Å². The van der Waals surface area contributed by atoms with Crippen LogP contribution in [-0.4, -0.2) is 7.05 Å². The minimum Gasteiger partial charge on any atom is -0.159 e. The topological polar surface area (TPSA) is 0 Å². The molecule has 0 aromatic carbocycles. The molecule has 0 heterocycles. The third kappa shape index (κ3) is 4.05. The lowest BCUT2D eigenvalue weighted by Crippen LogP contribution is -2.07. The standard InChI is InChI=1S/C2H6Cl3PSi/c1-7(2,5)6(3)4/h1-2H3. The summed E-state index contributed by atoms with van der Waals surface area (Å²) in [6.45, 7) is 3.86. The van der Waals surface area contributed by atoms with Crippen LogP contribution in [0.3, 0.4) is 0 Å². The van der Waals surface area contributed by atoms with Crippen LogP contribution in [0, 0.1) is 0 Å². The Balaban J connectivity index is 3.54. The highest BCUT2D eigenvalue weighted by Crippen LogP contribution is 2.57. The number of hydrogen-bond donors (Lipinski definition) is 0. The molecule has 0 spiro atoms. The lowest BCUT2D eigenvalue weighted by molar-refractivity contribution is 2.07. The van der Waals surface area contributed by atoms with E-state index in [1.165, 1.54) is 0 Å². The molecule has 44 valence electrons. The zero-order chi connectivity index (χ0) is 6.08. The van der Waals surface area contributed by atoms with Crippen molar-refractivity contribution in [2.45, 2.75) is 13.1 Å². The summed E-state index contributed by atoms with van der Waals surface area (Å²) < 4.78 is 0. The monoisotopic (exact) mass is 194 g/mol. The average Bonchev–Trinajstić information content (AvgIpc) is 1.31. The minimum absolute atomic E-state index is 0.893. The molecule has 0 atom stereocenters. The zero-order valence-corrected chi connectivity index (χ0v) is 8.24. The second-order valence-corrected chi connectivity index (χ2v) is 17.5. The largest absolute Gasteiger partial charge is 0.210 e. The van der Waals surface area contributed by atoms with E-state index in [1.807, 2.05) is 13.1 Å². The summed E-state index contributed by atoms with van der Waals surface area (Å²) in [6.07, 6.45) is -0.893. The van der Waals surface area contributed by atoms with E-state index in [4.69, 9.17) is 33.6 Å². The van der Waals surface area contributed by atoms with Gasteiger partial charge in [0.2, 0.25) is 7.05 Å². The quantitative estimate of drug-likeness (QED) is 0.340. The maximum atomic E-state index is 5.77. The van der Waals surface area contributed by atoms with Crippen molar-refractivity contribution < 1.29 is 0 Å². The van der Waals surface area contributed by atoms with Gasteiger partial charge in [0.15, 0.2) is 0 Å². The molecule has 0 amide bonds. The van der Waals surface area contributed by atoms with Crippen LogP contribution in [0.5, 0.6) is 0 Å². The van der Waals surface area contributed by atoms with Crippen LogP contribution < -0.4 is 0 Å². The van der Waals surface area contributed by atoms with Gasteiger partial charge in [-0.15, -0.1) is 0 Å². The fourth-order valence-electron chi connectivity index (χ4n) is 0. The highest BCUT2D eigenvalue weighted by molar-refractivity contribution is 8.30. The number of hydrogen-bond acceptors (Lipinski definition) is 0. The summed E-state index contributed by atoms with van der Waals surface area (Å²) in [7, 11) is -1.67. The van der Waals surface area contributed by atoms with Crippen molar-refractivity contribution in [1.29, 1.82) is 0 Å². The molecule has 0 rings (SSSR count). The van der Waals surface area contributed by atoms with Gasteiger partial charge in [0.25, 0.3) is 0 Å². The van der Waals surface area contributed by atoms with Gasteiger partial charge in [-0.2, -0.15) is 11.1 Å². The maximum Gasteiger partial charge on any atom is 0.210 e. The molecule has 0 aliphatic carbocycles. The van der Waals surface area contributed by atoms with Crippen molar-refractivity contribution in [3.8, 4) is 0 Å². The van der Waals surface area contributed by atoms with Gasteiger partial charge in [0.05, 0.1) is 6.17 Å². The first kappa shape index (κ1) is 8.52. The van der Waals surface area contributed by atoms with Gasteiger partial charge in [0, 0.05) is 0 Å². The molecule has 5 heteroatoms. The Morgan fingerprint density at radius 1 is 1.29 bits per heavy atom. The van der Waals surface area contributed by atoms with E-state index in [0.29, 0.717) is 0 Å². The Labute approximate surface area is 60.0 Å². The molecule has 0 aliphatic heterocycles. The minimum atomic E-state index is -1.67. The predicted molar refractivity (Wildman–Crippen MR) is 42.0 cm³/mol. The van der Waals surface area contributed by atoms with Gasteiger partial charge in [0.1, 0.15) is 0 Å². The third-order valence-corrected chi connectivity index (χ3v) is 14.3. The molecular weight excluding hydrogens is 189 g/mol. The molecule has 0 aromatic rings. The average molecular weight is 195 g/mol. The molecule has 0 saturated heterocycles. The van der Waals surface area contributed by atoms with Crippen LogP contribution in [0.2, 0.25) is 13.1 Å². The zero-order valence-electron chi connectivity index (χ0n) is 4.08. The Hall–Kier alpha value is 1.52. The Kier molecular flexibility index (Phi) is 3.51. The SMILES string of the molecule is C[Si](C)(Cl)P(Cl)Cl. The molecule has 0 unspecified atom stereocenters. The van der Waals surface area contributed by atoms with Crippen LogP contribution in [0.25, 0.3) is 0 Å². The van der Waals surface area contributed by atoms with E-state index >= 15 is 0 Å². The van der Waals surface area contributed by atoms with E-state index in [1.54, 1.807) is 0 Å². The molecule has 0 saturated carbocycles. The predicted octanol–water partition coefficient (Wildman–Crippen LogP) is 3.72. The molecule has 0 bridgehead atoms. The van der Waals surface area contributed by atoms with Crippen molar-refractivity contribution in [1.82, 2.24) is 0 Å². The fraction of sp³-hybridized carbons (Fsp3) is 1.00. The van der Waals surface area contributed by atoms with Crippen LogP contribution in [-0.2, 0) is 0 Å². The van der Waals surface area contributed by atoms with Gasteiger partial charge in [-0.05, 0) is 0 Å². The Bertz CT molecular complexity index is 58.4. The van der Waals surface area contributed by atoms with Crippen molar-refractivity contribution in [2.75, 3.05) is 0 Å². The van der Waals surface area contributed by atoms with Crippen molar-refractivity contribution in [3.05, 3.63) is 0 Å². The Morgan fingerprint density at radius 3 is 1.43 bits per heavy atom. The molecule has 0 N–H and O–H groups in total. The summed E-state index contributed by atoms with van der Waals surface area (Å²) in [6, 6.07) is 0. The van der Waals surface area contributed by atoms with Gasteiger partial charge >= 0.3 is 0 Å². The van der Waals surface area contributed by atoms with Crippen molar-refractivity contribution >= 4 is 46.8 Å². The van der Waals surface area contributed by atoms with Crippen LogP contribution in [0.15, 0.2) is 0 Å². The Morgan fingerprint density at radius 2 is 1.43 bits per heavy atom. The maximum absolute atomic E-state index is 5.77. The molecule has 0 aliphatic rings. The van der Waals surface area contributed by atoms with Crippen LogP contribution in [0.4, 0.5) is 0 Å². The van der Waals surface area contributed by atoms with E-state index in [2.05, 4.69) is 0 Å². The first-order valence-electron chi connectivity index (χ1n) is 1.75. The lowest BCUT2D eigenvalue weighted by Gasteiger charge is -2.11. The molecule has 0 radical (unpaired) electrons. The van der Waals surface area contributed by atoms with E-state index in [-0.39, 0.29) is 0 Å². The highest BCUT2D eigenvalue weighted by Gasteiger charge is 2.26. The van der Waals surface area contributed by atoms with Crippen LogP contribution in [0.1, 0.15) is 0 Å². The normalized spacial score (nSPS) is 12.9. The fourth-order valence-corrected chi connectivity index (χ4v) is 0.